The molecule has 0 spiro atoms. The van der Waals surface area contributed by atoms with Crippen LogP contribution in [0.5, 0.6) is 0 Å². The Hall–Kier alpha value is -1.39. The number of aromatic nitrogens is 1. The first kappa shape index (κ1) is 9.81. The smallest absolute Gasteiger partial charge is 0.137 e. The first-order valence-electron chi connectivity index (χ1n) is 4.98. The Morgan fingerprint density at radius 3 is 2.81 bits per heavy atom. The molecule has 3 aromatic rings. The van der Waals surface area contributed by atoms with Crippen LogP contribution in [-0.2, 0) is 0 Å². The van der Waals surface area contributed by atoms with Gasteiger partial charge in [0.15, 0.2) is 0 Å². The van der Waals surface area contributed by atoms with Gasteiger partial charge in [-0.05, 0) is 6.07 Å². The van der Waals surface area contributed by atoms with Crippen molar-refractivity contribution in [3.8, 4) is 10.6 Å². The van der Waals surface area contributed by atoms with Crippen LogP contribution in [-0.4, -0.2) is 12.0 Å². The van der Waals surface area contributed by atoms with E-state index in [1.165, 1.54) is 15.6 Å². The van der Waals surface area contributed by atoms with Gasteiger partial charge in [0.25, 0.3) is 0 Å². The number of hydrogen-bond acceptors (Lipinski definition) is 4. The Kier molecular flexibility index (Phi) is 2.38. The minimum absolute atomic E-state index is 0.940. The molecule has 2 heterocycles. The van der Waals surface area contributed by atoms with E-state index in [0.29, 0.717) is 0 Å². The van der Waals surface area contributed by atoms with Crippen molar-refractivity contribution in [2.45, 2.75) is 0 Å². The molecule has 0 aliphatic rings. The normalized spacial score (nSPS) is 10.8. The number of benzene rings is 1. The van der Waals surface area contributed by atoms with Gasteiger partial charge >= 0.3 is 0 Å². The van der Waals surface area contributed by atoms with Gasteiger partial charge in [0.2, 0.25) is 0 Å². The third-order valence-electron chi connectivity index (χ3n) is 2.47. The van der Waals surface area contributed by atoms with Crippen LogP contribution < -0.4 is 5.32 Å². The first-order chi connectivity index (χ1) is 7.88. The molecule has 1 aromatic carbocycles. The molecule has 0 radical (unpaired) electrons. The van der Waals surface area contributed by atoms with Gasteiger partial charge in [-0.15, -0.1) is 22.7 Å². The average Bonchev–Trinajstić information content (AvgIpc) is 2.94. The first-order valence-corrected chi connectivity index (χ1v) is 6.74. The monoisotopic (exact) mass is 246 g/mol. The lowest BCUT2D eigenvalue weighted by molar-refractivity contribution is 1.36. The molecule has 0 amide bonds. The highest BCUT2D eigenvalue weighted by Gasteiger charge is 2.09. The molecule has 0 aliphatic heterocycles. The molecule has 0 atom stereocenters. The van der Waals surface area contributed by atoms with E-state index in [9.17, 15) is 0 Å². The van der Waals surface area contributed by atoms with E-state index in [0.717, 1.165) is 10.8 Å². The second-order valence-corrected chi connectivity index (χ2v) is 5.20. The van der Waals surface area contributed by atoms with Crippen molar-refractivity contribution in [2.75, 3.05) is 12.4 Å². The molecule has 0 fully saturated rings. The zero-order valence-corrected chi connectivity index (χ0v) is 10.4. The summed E-state index contributed by atoms with van der Waals surface area (Å²) in [5.41, 5.74) is 1.24. The third-order valence-corrected chi connectivity index (χ3v) is 4.31. The minimum atomic E-state index is 0.940. The Labute approximate surface area is 102 Å². The minimum Gasteiger partial charge on any atom is -0.372 e. The number of hydrogen-bond donors (Lipinski definition) is 1. The Morgan fingerprint density at radius 1 is 1.12 bits per heavy atom. The fourth-order valence-corrected chi connectivity index (χ4v) is 3.52. The zero-order valence-electron chi connectivity index (χ0n) is 8.73. The largest absolute Gasteiger partial charge is 0.372 e. The summed E-state index contributed by atoms with van der Waals surface area (Å²) in [4.78, 5) is 4.54. The molecule has 0 aliphatic carbocycles. The number of nitrogens with zero attached hydrogens (tertiary/aromatic N) is 1. The molecule has 80 valence electrons. The molecule has 0 saturated carbocycles. The highest BCUT2D eigenvalue weighted by molar-refractivity contribution is 7.19. The van der Waals surface area contributed by atoms with Crippen LogP contribution in [0.1, 0.15) is 0 Å². The van der Waals surface area contributed by atoms with Gasteiger partial charge < -0.3 is 5.32 Å². The molecular weight excluding hydrogens is 236 g/mol. The summed E-state index contributed by atoms with van der Waals surface area (Å²) in [6.07, 6.45) is 0. The van der Waals surface area contributed by atoms with Crippen LogP contribution in [0.3, 0.4) is 0 Å². The van der Waals surface area contributed by atoms with E-state index < -0.39 is 0 Å². The number of thiophene rings is 1. The zero-order chi connectivity index (χ0) is 11.0. The number of nitrogens with one attached hydrogen (secondary N) is 1. The summed E-state index contributed by atoms with van der Waals surface area (Å²) in [6.45, 7) is 0. The van der Waals surface area contributed by atoms with Crippen molar-refractivity contribution in [3.05, 3.63) is 35.0 Å². The van der Waals surface area contributed by atoms with Crippen molar-refractivity contribution in [3.63, 3.8) is 0 Å². The summed E-state index contributed by atoms with van der Waals surface area (Å²) in [5, 5.41) is 9.67. The van der Waals surface area contributed by atoms with Crippen LogP contribution in [0.2, 0.25) is 0 Å². The maximum Gasteiger partial charge on any atom is 0.137 e. The van der Waals surface area contributed by atoms with Gasteiger partial charge in [-0.25, -0.2) is 4.98 Å². The fraction of sp³-hybridized carbons (Fsp3) is 0.0833. The van der Waals surface area contributed by atoms with E-state index in [1.54, 1.807) is 22.7 Å². The van der Waals surface area contributed by atoms with Gasteiger partial charge in [0.1, 0.15) is 10.8 Å². The van der Waals surface area contributed by atoms with Gasteiger partial charge in [0.05, 0.1) is 0 Å². The number of fused-ring (bicyclic) bond motifs is 1. The molecule has 2 aromatic heterocycles. The maximum atomic E-state index is 4.54. The van der Waals surface area contributed by atoms with Crippen molar-refractivity contribution >= 4 is 38.6 Å². The lowest BCUT2D eigenvalue weighted by Gasteiger charge is -1.93. The molecule has 0 saturated heterocycles. The van der Waals surface area contributed by atoms with E-state index >= 15 is 0 Å². The Balaban J connectivity index is 2.18. The van der Waals surface area contributed by atoms with Gasteiger partial charge in [-0.1, -0.05) is 18.2 Å². The quantitative estimate of drug-likeness (QED) is 0.737. The standard InChI is InChI=1S/C12H10N2S2/c1-13-11-7-16-12(14-11)9-6-15-10-5-3-2-4-8(9)10/h2-7,13H,1H3. The second-order valence-electron chi connectivity index (χ2n) is 3.43. The maximum absolute atomic E-state index is 4.54. The average molecular weight is 246 g/mol. The van der Waals surface area contributed by atoms with Crippen LogP contribution in [0.25, 0.3) is 20.7 Å². The molecule has 3 rings (SSSR count). The number of thiazole rings is 1. The number of rotatable bonds is 2. The highest BCUT2D eigenvalue weighted by Crippen LogP contribution is 2.35. The Bertz CT molecular complexity index is 625. The van der Waals surface area contributed by atoms with E-state index in [1.807, 2.05) is 12.4 Å². The van der Waals surface area contributed by atoms with Gasteiger partial charge in [0, 0.05) is 33.5 Å². The van der Waals surface area contributed by atoms with Crippen LogP contribution >= 0.6 is 22.7 Å². The van der Waals surface area contributed by atoms with E-state index in [-0.39, 0.29) is 0 Å². The lowest BCUT2D eigenvalue weighted by atomic mass is 10.2. The van der Waals surface area contributed by atoms with Gasteiger partial charge in [-0.2, -0.15) is 0 Å². The Morgan fingerprint density at radius 2 is 2.00 bits per heavy atom. The third kappa shape index (κ3) is 1.50. The fourth-order valence-electron chi connectivity index (χ4n) is 1.66. The van der Waals surface area contributed by atoms with Gasteiger partial charge in [-0.3, -0.25) is 0 Å². The van der Waals surface area contributed by atoms with Crippen LogP contribution in [0.4, 0.5) is 5.82 Å². The molecule has 0 unspecified atom stereocenters. The summed E-state index contributed by atoms with van der Waals surface area (Å²) < 4.78 is 1.32. The topological polar surface area (TPSA) is 24.9 Å². The number of anilines is 1. The lowest BCUT2D eigenvalue weighted by Crippen LogP contribution is -1.86. The molecule has 2 nitrogen and oxygen atoms in total. The predicted molar refractivity (Wildman–Crippen MR) is 72.5 cm³/mol. The molecule has 16 heavy (non-hydrogen) atoms. The predicted octanol–water partition coefficient (Wildman–Crippen LogP) is 4.07. The van der Waals surface area contributed by atoms with Crippen molar-refractivity contribution in [1.82, 2.24) is 4.98 Å². The van der Waals surface area contributed by atoms with Crippen LogP contribution in [0.15, 0.2) is 35.0 Å². The summed E-state index contributed by atoms with van der Waals surface area (Å²) in [6, 6.07) is 8.45. The summed E-state index contributed by atoms with van der Waals surface area (Å²) in [5.74, 6) is 0.940. The molecular formula is C12H10N2S2. The van der Waals surface area contributed by atoms with Crippen LogP contribution in [0, 0.1) is 0 Å². The summed E-state index contributed by atoms with van der Waals surface area (Å²) in [7, 11) is 1.89. The molecule has 1 N–H and O–H groups in total. The SMILES string of the molecule is CNc1csc(-c2csc3ccccc23)n1. The molecule has 4 heteroatoms. The summed E-state index contributed by atoms with van der Waals surface area (Å²) >= 11 is 3.45. The second kappa shape index (κ2) is 3.88. The van der Waals surface area contributed by atoms with E-state index in [4.69, 9.17) is 0 Å². The van der Waals surface area contributed by atoms with Crippen molar-refractivity contribution < 1.29 is 0 Å². The van der Waals surface area contributed by atoms with Crippen molar-refractivity contribution in [1.29, 1.82) is 0 Å². The van der Waals surface area contributed by atoms with E-state index in [2.05, 4.69) is 39.9 Å². The molecule has 0 bridgehead atoms. The highest BCUT2D eigenvalue weighted by atomic mass is 32.1. The van der Waals surface area contributed by atoms with Crippen molar-refractivity contribution in [2.24, 2.45) is 0 Å².